The smallest absolute Gasteiger partial charge is 0.227 e. The first kappa shape index (κ1) is 17.3. The topological polar surface area (TPSA) is 26.3 Å². The average molecular weight is 317 g/mol. The van der Waals surface area contributed by atoms with Gasteiger partial charge >= 0.3 is 0 Å². The third-order valence-corrected chi connectivity index (χ3v) is 4.07. The van der Waals surface area contributed by atoms with E-state index in [9.17, 15) is 4.79 Å². The van der Waals surface area contributed by atoms with Gasteiger partial charge in [-0.25, -0.2) is 0 Å². The number of carbonyl (C=O) groups excluding carboxylic acids is 1. The quantitative estimate of drug-likeness (QED) is 0.446. The maximum atomic E-state index is 11.1. The minimum atomic E-state index is -0.401. The molecule has 0 atom stereocenters. The fourth-order valence-electron chi connectivity index (χ4n) is 1.84. The van der Waals surface area contributed by atoms with Gasteiger partial charge in [-0.2, -0.15) is 0 Å². The lowest BCUT2D eigenvalue weighted by atomic mass is 9.88. The molecule has 112 valence electrons. The summed E-state index contributed by atoms with van der Waals surface area (Å²) in [7, 11) is 0. The molecule has 0 saturated heterocycles. The molecule has 0 fully saturated rings. The van der Waals surface area contributed by atoms with Crippen LogP contribution in [0, 0.1) is 5.41 Å². The molecule has 0 N–H and O–H groups in total. The Morgan fingerprint density at radius 2 is 1.70 bits per heavy atom. The molecule has 0 radical (unpaired) electrons. The van der Waals surface area contributed by atoms with Gasteiger partial charge in [-0.3, -0.25) is 4.79 Å². The zero-order chi connectivity index (χ0) is 15.0. The molecule has 20 heavy (non-hydrogen) atoms. The summed E-state index contributed by atoms with van der Waals surface area (Å²) in [5, 5.41) is 0.470. The van der Waals surface area contributed by atoms with Crippen molar-refractivity contribution in [3.63, 3.8) is 0 Å². The minimum absolute atomic E-state index is 0.247. The lowest BCUT2D eigenvalue weighted by Crippen LogP contribution is -2.19. The summed E-state index contributed by atoms with van der Waals surface area (Å²) in [5.74, 6) is 0.850. The number of carbonyl (C=O) groups is 1. The van der Waals surface area contributed by atoms with Crippen LogP contribution in [-0.2, 0) is 4.79 Å². The highest BCUT2D eigenvalue weighted by molar-refractivity contribution is 6.64. The van der Waals surface area contributed by atoms with Crippen molar-refractivity contribution in [1.29, 1.82) is 0 Å². The first-order valence-corrected chi connectivity index (χ1v) is 7.76. The number of benzene rings is 1. The van der Waals surface area contributed by atoms with E-state index in [1.807, 2.05) is 38.1 Å². The van der Waals surface area contributed by atoms with Gasteiger partial charge in [0.1, 0.15) is 5.75 Å². The molecule has 0 spiro atoms. The Balaban J connectivity index is 2.05. The minimum Gasteiger partial charge on any atom is -0.494 e. The van der Waals surface area contributed by atoms with Crippen LogP contribution in [0.1, 0.15) is 46.0 Å². The number of ether oxygens (including phenoxy) is 1. The van der Waals surface area contributed by atoms with Crippen LogP contribution < -0.4 is 4.74 Å². The maximum Gasteiger partial charge on any atom is 0.227 e. The predicted octanol–water partition coefficient (Wildman–Crippen LogP) is 5.46. The molecule has 0 aliphatic carbocycles. The van der Waals surface area contributed by atoms with Crippen LogP contribution in [0.5, 0.6) is 5.75 Å². The molecule has 1 aromatic rings. The van der Waals surface area contributed by atoms with Gasteiger partial charge < -0.3 is 4.74 Å². The van der Waals surface area contributed by atoms with E-state index in [2.05, 4.69) is 0 Å². The highest BCUT2D eigenvalue weighted by Crippen LogP contribution is 2.26. The van der Waals surface area contributed by atoms with E-state index >= 15 is 0 Å². The van der Waals surface area contributed by atoms with Crippen molar-refractivity contribution in [3.05, 3.63) is 29.3 Å². The van der Waals surface area contributed by atoms with E-state index in [0.29, 0.717) is 11.6 Å². The van der Waals surface area contributed by atoms with Gasteiger partial charge in [0.2, 0.25) is 5.24 Å². The Morgan fingerprint density at radius 3 is 2.30 bits per heavy atom. The van der Waals surface area contributed by atoms with E-state index in [4.69, 9.17) is 27.9 Å². The molecular weight excluding hydrogens is 295 g/mol. The second-order valence-corrected chi connectivity index (χ2v) is 6.40. The molecule has 0 aromatic heterocycles. The van der Waals surface area contributed by atoms with Crippen LogP contribution in [0.3, 0.4) is 0 Å². The van der Waals surface area contributed by atoms with Crippen molar-refractivity contribution < 1.29 is 9.53 Å². The molecule has 1 aromatic carbocycles. The van der Waals surface area contributed by atoms with Gasteiger partial charge in [0.25, 0.3) is 0 Å². The number of unbranched alkanes of at least 4 members (excludes halogenated alkanes) is 3. The molecular formula is C16H22Cl2O2. The van der Waals surface area contributed by atoms with E-state index in [-0.39, 0.29) is 5.24 Å². The van der Waals surface area contributed by atoms with Gasteiger partial charge in [0.15, 0.2) is 0 Å². The van der Waals surface area contributed by atoms with Gasteiger partial charge in [0.05, 0.1) is 6.61 Å². The van der Waals surface area contributed by atoms with Crippen molar-refractivity contribution in [2.24, 2.45) is 5.41 Å². The van der Waals surface area contributed by atoms with Crippen LogP contribution in [-0.4, -0.2) is 11.8 Å². The van der Waals surface area contributed by atoms with Crippen molar-refractivity contribution in [2.75, 3.05) is 6.61 Å². The van der Waals surface area contributed by atoms with Crippen molar-refractivity contribution in [1.82, 2.24) is 0 Å². The summed E-state index contributed by atoms with van der Waals surface area (Å²) in [6.07, 6.45) is 5.06. The Hall–Kier alpha value is -0.730. The average Bonchev–Trinajstić information content (AvgIpc) is 2.39. The van der Waals surface area contributed by atoms with Crippen LogP contribution in [0.4, 0.5) is 0 Å². The maximum absolute atomic E-state index is 11.1. The van der Waals surface area contributed by atoms with Crippen molar-refractivity contribution in [2.45, 2.75) is 46.0 Å². The Labute approximate surface area is 131 Å². The normalized spacial score (nSPS) is 11.4. The summed E-state index contributed by atoms with van der Waals surface area (Å²) >= 11 is 11.3. The van der Waals surface area contributed by atoms with Gasteiger partial charge in [0, 0.05) is 10.4 Å². The molecule has 0 bridgehead atoms. The summed E-state index contributed by atoms with van der Waals surface area (Å²) in [6.45, 7) is 4.50. The lowest BCUT2D eigenvalue weighted by molar-refractivity contribution is -0.119. The number of hydrogen-bond acceptors (Lipinski definition) is 2. The largest absolute Gasteiger partial charge is 0.494 e. The van der Waals surface area contributed by atoms with Gasteiger partial charge in [-0.1, -0.05) is 44.7 Å². The van der Waals surface area contributed by atoms with E-state index in [1.165, 1.54) is 0 Å². The number of hydrogen-bond donors (Lipinski definition) is 0. The molecule has 2 nitrogen and oxygen atoms in total. The molecule has 0 aliphatic rings. The summed E-state index contributed by atoms with van der Waals surface area (Å²) in [6, 6.07) is 7.39. The first-order chi connectivity index (χ1) is 9.42. The Kier molecular flexibility index (Phi) is 7.39. The molecule has 1 rings (SSSR count). The standard InChI is InChI=1S/C16H22Cl2O2/c1-16(2,15(18)19)11-5-3-4-6-12-20-14-9-7-13(17)8-10-14/h7-10H,3-6,11-12H2,1-2H3. The summed E-state index contributed by atoms with van der Waals surface area (Å²) in [4.78, 5) is 11.1. The molecule has 4 heteroatoms. The van der Waals surface area contributed by atoms with E-state index in [0.717, 1.165) is 37.9 Å². The predicted molar refractivity (Wildman–Crippen MR) is 84.7 cm³/mol. The zero-order valence-corrected chi connectivity index (χ0v) is 13.6. The van der Waals surface area contributed by atoms with E-state index < -0.39 is 5.41 Å². The molecule has 0 aliphatic heterocycles. The van der Waals surface area contributed by atoms with Gasteiger partial charge in [-0.15, -0.1) is 0 Å². The lowest BCUT2D eigenvalue weighted by Gasteiger charge is -2.18. The fourth-order valence-corrected chi connectivity index (χ4v) is 2.06. The van der Waals surface area contributed by atoms with Crippen LogP contribution in [0.15, 0.2) is 24.3 Å². The number of halogens is 2. The molecule has 0 unspecified atom stereocenters. The third-order valence-electron chi connectivity index (χ3n) is 3.31. The monoisotopic (exact) mass is 316 g/mol. The van der Waals surface area contributed by atoms with Crippen LogP contribution in [0.2, 0.25) is 5.02 Å². The van der Waals surface area contributed by atoms with Gasteiger partial charge in [-0.05, 0) is 48.7 Å². The van der Waals surface area contributed by atoms with Crippen LogP contribution in [0.25, 0.3) is 0 Å². The molecule has 0 amide bonds. The SMILES string of the molecule is CC(C)(CCCCCCOc1ccc(Cl)cc1)C(=O)Cl. The van der Waals surface area contributed by atoms with Crippen LogP contribution >= 0.6 is 23.2 Å². The Morgan fingerprint density at radius 1 is 1.10 bits per heavy atom. The fraction of sp³-hybridized carbons (Fsp3) is 0.562. The zero-order valence-electron chi connectivity index (χ0n) is 12.1. The van der Waals surface area contributed by atoms with Crippen molar-refractivity contribution in [3.8, 4) is 5.75 Å². The first-order valence-electron chi connectivity index (χ1n) is 7.00. The second kappa shape index (κ2) is 8.53. The van der Waals surface area contributed by atoms with Crippen molar-refractivity contribution >= 4 is 28.4 Å². The molecule has 0 heterocycles. The summed E-state index contributed by atoms with van der Waals surface area (Å²) < 4.78 is 5.61. The highest BCUT2D eigenvalue weighted by atomic mass is 35.5. The number of rotatable bonds is 9. The third kappa shape index (κ3) is 6.62. The highest BCUT2D eigenvalue weighted by Gasteiger charge is 2.24. The summed E-state index contributed by atoms with van der Waals surface area (Å²) in [5.41, 5.74) is -0.401. The molecule has 0 saturated carbocycles. The Bertz CT molecular complexity index is 413. The van der Waals surface area contributed by atoms with E-state index in [1.54, 1.807) is 0 Å². The second-order valence-electron chi connectivity index (χ2n) is 5.62.